The predicted molar refractivity (Wildman–Crippen MR) is 63.8 cm³/mol. The molecule has 1 aromatic rings. The Hall–Kier alpha value is -1.10. The molecule has 1 N–H and O–H groups in total. The first-order valence-corrected chi connectivity index (χ1v) is 5.83. The minimum absolute atomic E-state index is 0.0458. The lowest BCUT2D eigenvalue weighted by molar-refractivity contribution is -0.149. The van der Waals surface area contributed by atoms with Gasteiger partial charge in [-0.15, -0.1) is 0 Å². The number of aliphatic hydroxyl groups is 1. The molecule has 1 saturated heterocycles. The third-order valence-electron chi connectivity index (χ3n) is 2.79. The maximum atomic E-state index is 11.7. The molecule has 1 heterocycles. The van der Waals surface area contributed by atoms with E-state index in [1.807, 2.05) is 12.1 Å². The SMILES string of the molecule is O=C1COC[C@@H](c2ccc(Cl)cc2)N1CCO. The number of nitrogens with zero attached hydrogens (tertiary/aromatic N) is 1. The van der Waals surface area contributed by atoms with Crippen LogP contribution in [0.2, 0.25) is 5.02 Å². The summed E-state index contributed by atoms with van der Waals surface area (Å²) in [4.78, 5) is 13.3. The topological polar surface area (TPSA) is 49.8 Å². The third-order valence-corrected chi connectivity index (χ3v) is 3.05. The summed E-state index contributed by atoms with van der Waals surface area (Å²) in [5, 5.41) is 9.65. The number of carbonyl (C=O) groups is 1. The molecule has 0 saturated carbocycles. The second-order valence-corrected chi connectivity index (χ2v) is 4.33. The number of hydrogen-bond donors (Lipinski definition) is 1. The van der Waals surface area contributed by atoms with Gasteiger partial charge >= 0.3 is 0 Å². The van der Waals surface area contributed by atoms with E-state index in [2.05, 4.69) is 0 Å². The summed E-state index contributed by atoms with van der Waals surface area (Å²) in [7, 11) is 0. The number of morpholine rings is 1. The van der Waals surface area contributed by atoms with Gasteiger partial charge in [0.05, 0.1) is 19.3 Å². The van der Waals surface area contributed by atoms with Crippen molar-refractivity contribution in [2.75, 3.05) is 26.4 Å². The Morgan fingerprint density at radius 2 is 2.12 bits per heavy atom. The van der Waals surface area contributed by atoms with Crippen LogP contribution in [0.25, 0.3) is 0 Å². The zero-order valence-corrected chi connectivity index (χ0v) is 10.1. The van der Waals surface area contributed by atoms with Gasteiger partial charge in [0, 0.05) is 11.6 Å². The molecule has 1 aliphatic heterocycles. The molecule has 1 amide bonds. The summed E-state index contributed by atoms with van der Waals surface area (Å²) in [5.74, 6) is -0.0924. The Morgan fingerprint density at radius 3 is 2.76 bits per heavy atom. The Morgan fingerprint density at radius 1 is 1.41 bits per heavy atom. The van der Waals surface area contributed by atoms with E-state index < -0.39 is 0 Å². The second-order valence-electron chi connectivity index (χ2n) is 3.89. The molecule has 5 heteroatoms. The van der Waals surface area contributed by atoms with E-state index in [4.69, 9.17) is 21.4 Å². The summed E-state index contributed by atoms with van der Waals surface area (Å²) in [6.45, 7) is 0.822. The van der Waals surface area contributed by atoms with E-state index in [9.17, 15) is 4.79 Å². The number of halogens is 1. The number of ether oxygens (including phenoxy) is 1. The van der Waals surface area contributed by atoms with Crippen molar-refractivity contribution in [3.05, 3.63) is 34.9 Å². The number of rotatable bonds is 3. The molecule has 1 aliphatic rings. The van der Waals surface area contributed by atoms with Crippen molar-refractivity contribution in [1.29, 1.82) is 0 Å². The average Bonchev–Trinajstić information content (AvgIpc) is 2.33. The monoisotopic (exact) mass is 255 g/mol. The van der Waals surface area contributed by atoms with Gasteiger partial charge in [0.25, 0.3) is 0 Å². The first-order valence-electron chi connectivity index (χ1n) is 5.46. The summed E-state index contributed by atoms with van der Waals surface area (Å²) < 4.78 is 5.25. The molecule has 0 bridgehead atoms. The van der Waals surface area contributed by atoms with Crippen LogP contribution in [0.3, 0.4) is 0 Å². The molecule has 1 aromatic carbocycles. The van der Waals surface area contributed by atoms with E-state index in [0.717, 1.165) is 5.56 Å². The molecule has 0 spiro atoms. The average molecular weight is 256 g/mol. The van der Waals surface area contributed by atoms with Crippen LogP contribution in [-0.2, 0) is 9.53 Å². The zero-order valence-electron chi connectivity index (χ0n) is 9.30. The number of benzene rings is 1. The van der Waals surface area contributed by atoms with E-state index >= 15 is 0 Å². The van der Waals surface area contributed by atoms with Crippen molar-refractivity contribution >= 4 is 17.5 Å². The van der Waals surface area contributed by atoms with Gasteiger partial charge in [-0.1, -0.05) is 23.7 Å². The smallest absolute Gasteiger partial charge is 0.249 e. The highest BCUT2D eigenvalue weighted by molar-refractivity contribution is 6.30. The van der Waals surface area contributed by atoms with Gasteiger partial charge in [0.1, 0.15) is 6.61 Å². The number of hydrogen-bond acceptors (Lipinski definition) is 3. The highest BCUT2D eigenvalue weighted by Gasteiger charge is 2.29. The molecule has 0 unspecified atom stereocenters. The molecular weight excluding hydrogens is 242 g/mol. The molecule has 92 valence electrons. The highest BCUT2D eigenvalue weighted by atomic mass is 35.5. The van der Waals surface area contributed by atoms with Gasteiger partial charge in [-0.05, 0) is 17.7 Å². The maximum Gasteiger partial charge on any atom is 0.249 e. The molecular formula is C12H14ClNO3. The van der Waals surface area contributed by atoms with E-state index in [1.54, 1.807) is 17.0 Å². The van der Waals surface area contributed by atoms with Crippen LogP contribution in [0.1, 0.15) is 11.6 Å². The van der Waals surface area contributed by atoms with Gasteiger partial charge in [-0.25, -0.2) is 0 Å². The van der Waals surface area contributed by atoms with Crippen LogP contribution in [-0.4, -0.2) is 42.3 Å². The summed E-state index contributed by atoms with van der Waals surface area (Å²) in [5.41, 5.74) is 0.968. The van der Waals surface area contributed by atoms with Crippen molar-refractivity contribution in [3.8, 4) is 0 Å². The molecule has 0 aliphatic carbocycles. The fourth-order valence-electron chi connectivity index (χ4n) is 1.95. The number of β-amino-alcohol motifs (C(OH)–C–C–N with tert-alkyl or cyclic N) is 1. The van der Waals surface area contributed by atoms with Crippen LogP contribution in [0, 0.1) is 0 Å². The lowest BCUT2D eigenvalue weighted by Gasteiger charge is -2.35. The molecule has 2 rings (SSSR count). The Bertz CT molecular complexity index is 393. The van der Waals surface area contributed by atoms with Gasteiger partial charge < -0.3 is 14.7 Å². The van der Waals surface area contributed by atoms with Crippen LogP contribution in [0.4, 0.5) is 0 Å². The van der Waals surface area contributed by atoms with Gasteiger partial charge in [-0.3, -0.25) is 4.79 Å². The number of amides is 1. The van der Waals surface area contributed by atoms with Crippen molar-refractivity contribution < 1.29 is 14.6 Å². The number of carbonyl (C=O) groups excluding carboxylic acids is 1. The lowest BCUT2D eigenvalue weighted by Crippen LogP contribution is -2.45. The van der Waals surface area contributed by atoms with Gasteiger partial charge in [0.2, 0.25) is 5.91 Å². The van der Waals surface area contributed by atoms with Crippen molar-refractivity contribution in [2.45, 2.75) is 6.04 Å². The van der Waals surface area contributed by atoms with Gasteiger partial charge in [-0.2, -0.15) is 0 Å². The van der Waals surface area contributed by atoms with E-state index in [0.29, 0.717) is 18.2 Å². The summed E-state index contributed by atoms with van der Waals surface area (Å²) in [6.07, 6.45) is 0. The Labute approximate surface area is 105 Å². The number of aliphatic hydroxyl groups excluding tert-OH is 1. The lowest BCUT2D eigenvalue weighted by atomic mass is 10.0. The minimum atomic E-state index is -0.138. The predicted octanol–water partition coefficient (Wildman–Crippen LogP) is 1.23. The zero-order chi connectivity index (χ0) is 12.3. The van der Waals surface area contributed by atoms with Crippen LogP contribution >= 0.6 is 11.6 Å². The summed E-state index contributed by atoms with van der Waals surface area (Å²) in [6, 6.07) is 7.18. The Balaban J connectivity index is 2.21. The fraction of sp³-hybridized carbons (Fsp3) is 0.417. The van der Waals surface area contributed by atoms with Gasteiger partial charge in [0.15, 0.2) is 0 Å². The first kappa shape index (κ1) is 12.4. The third kappa shape index (κ3) is 2.77. The Kier molecular flexibility index (Phi) is 3.99. The summed E-state index contributed by atoms with van der Waals surface area (Å²) >= 11 is 5.83. The fourth-order valence-corrected chi connectivity index (χ4v) is 2.08. The highest BCUT2D eigenvalue weighted by Crippen LogP contribution is 2.25. The standard InChI is InChI=1S/C12H14ClNO3/c13-10-3-1-9(2-4-10)11-7-17-8-12(16)14(11)5-6-15/h1-4,11,15H,5-8H2/t11-/m0/s1. The van der Waals surface area contributed by atoms with Crippen LogP contribution in [0.5, 0.6) is 0 Å². The molecule has 0 aromatic heterocycles. The van der Waals surface area contributed by atoms with Crippen molar-refractivity contribution in [2.24, 2.45) is 0 Å². The second kappa shape index (κ2) is 5.49. The molecule has 4 nitrogen and oxygen atoms in total. The molecule has 1 atom stereocenters. The van der Waals surface area contributed by atoms with Crippen molar-refractivity contribution in [3.63, 3.8) is 0 Å². The van der Waals surface area contributed by atoms with Crippen LogP contribution < -0.4 is 0 Å². The normalized spacial score (nSPS) is 20.7. The minimum Gasteiger partial charge on any atom is -0.395 e. The molecule has 1 fully saturated rings. The van der Waals surface area contributed by atoms with E-state index in [-0.39, 0.29) is 25.2 Å². The quantitative estimate of drug-likeness (QED) is 0.884. The van der Waals surface area contributed by atoms with Crippen molar-refractivity contribution in [1.82, 2.24) is 4.90 Å². The maximum absolute atomic E-state index is 11.7. The molecule has 0 radical (unpaired) electrons. The first-order chi connectivity index (χ1) is 8.22. The van der Waals surface area contributed by atoms with Crippen LogP contribution in [0.15, 0.2) is 24.3 Å². The largest absolute Gasteiger partial charge is 0.395 e. The molecule has 17 heavy (non-hydrogen) atoms. The van der Waals surface area contributed by atoms with E-state index in [1.165, 1.54) is 0 Å².